The summed E-state index contributed by atoms with van der Waals surface area (Å²) < 4.78 is 25.8. The first-order chi connectivity index (χ1) is 7.61. The molecule has 1 saturated heterocycles. The van der Waals surface area contributed by atoms with Gasteiger partial charge in [-0.2, -0.15) is 4.31 Å². The Morgan fingerprint density at radius 2 is 2.12 bits per heavy atom. The predicted octanol–water partition coefficient (Wildman–Crippen LogP) is 1.35. The average Bonchev–Trinajstić information content (AvgIpc) is 2.27. The van der Waals surface area contributed by atoms with Gasteiger partial charge in [0.05, 0.1) is 5.75 Å². The molecule has 0 amide bonds. The summed E-state index contributed by atoms with van der Waals surface area (Å²) in [7, 11) is -3.09. The summed E-state index contributed by atoms with van der Waals surface area (Å²) in [5, 5.41) is 8.96. The zero-order chi connectivity index (χ0) is 12.0. The fourth-order valence-corrected chi connectivity index (χ4v) is 4.18. The standard InChI is InChI=1S/C11H23NO3S/c1-2-3-10-16(14,15)12-8-5-4-6-11(12)7-9-13/h11,13H,2-10H2,1H3. The smallest absolute Gasteiger partial charge is 0.214 e. The first kappa shape index (κ1) is 13.9. The molecule has 1 fully saturated rings. The molecule has 0 radical (unpaired) electrons. The van der Waals surface area contributed by atoms with E-state index in [9.17, 15) is 8.42 Å². The molecule has 0 aliphatic carbocycles. The maximum Gasteiger partial charge on any atom is 0.214 e. The highest BCUT2D eigenvalue weighted by atomic mass is 32.2. The highest BCUT2D eigenvalue weighted by molar-refractivity contribution is 7.89. The monoisotopic (exact) mass is 249 g/mol. The van der Waals surface area contributed by atoms with Crippen molar-refractivity contribution in [3.8, 4) is 0 Å². The van der Waals surface area contributed by atoms with Gasteiger partial charge < -0.3 is 5.11 Å². The number of piperidine rings is 1. The van der Waals surface area contributed by atoms with E-state index >= 15 is 0 Å². The summed E-state index contributed by atoms with van der Waals surface area (Å²) in [6, 6.07) is 0.0283. The number of hydrogen-bond donors (Lipinski definition) is 1. The van der Waals surface area contributed by atoms with Gasteiger partial charge in [-0.15, -0.1) is 0 Å². The Morgan fingerprint density at radius 3 is 2.75 bits per heavy atom. The van der Waals surface area contributed by atoms with Crippen LogP contribution in [0.25, 0.3) is 0 Å². The van der Waals surface area contributed by atoms with Crippen molar-refractivity contribution in [3.05, 3.63) is 0 Å². The van der Waals surface area contributed by atoms with Crippen LogP contribution in [-0.4, -0.2) is 42.8 Å². The summed E-state index contributed by atoms with van der Waals surface area (Å²) in [6.45, 7) is 2.71. The number of sulfonamides is 1. The molecule has 1 atom stereocenters. The maximum atomic E-state index is 12.1. The lowest BCUT2D eigenvalue weighted by Crippen LogP contribution is -2.45. The Bertz CT molecular complexity index is 288. The number of rotatable bonds is 6. The molecule has 0 aromatic heterocycles. The van der Waals surface area contributed by atoms with E-state index in [0.717, 1.165) is 32.1 Å². The molecular weight excluding hydrogens is 226 g/mol. The van der Waals surface area contributed by atoms with Crippen LogP contribution in [0.4, 0.5) is 0 Å². The summed E-state index contributed by atoms with van der Waals surface area (Å²) in [6.07, 6.45) is 5.12. The van der Waals surface area contributed by atoms with Gasteiger partial charge in [0.1, 0.15) is 0 Å². The van der Waals surface area contributed by atoms with Crippen molar-refractivity contribution in [1.29, 1.82) is 0 Å². The molecule has 5 heteroatoms. The van der Waals surface area contributed by atoms with Crippen LogP contribution in [0.15, 0.2) is 0 Å². The summed E-state index contributed by atoms with van der Waals surface area (Å²) in [5.41, 5.74) is 0. The number of aliphatic hydroxyl groups excluding tert-OH is 1. The van der Waals surface area contributed by atoms with Crippen molar-refractivity contribution < 1.29 is 13.5 Å². The third-order valence-electron chi connectivity index (χ3n) is 3.15. The fourth-order valence-electron chi connectivity index (χ4n) is 2.22. The first-order valence-corrected chi connectivity index (χ1v) is 7.83. The minimum atomic E-state index is -3.09. The SMILES string of the molecule is CCCCS(=O)(=O)N1CCCCC1CCO. The van der Waals surface area contributed by atoms with Crippen molar-refractivity contribution >= 4 is 10.0 Å². The van der Waals surface area contributed by atoms with Crippen LogP contribution < -0.4 is 0 Å². The average molecular weight is 249 g/mol. The minimum Gasteiger partial charge on any atom is -0.396 e. The third kappa shape index (κ3) is 3.71. The normalized spacial score (nSPS) is 23.5. The molecule has 1 heterocycles. The van der Waals surface area contributed by atoms with Crippen LogP contribution in [0.1, 0.15) is 45.4 Å². The van der Waals surface area contributed by atoms with Gasteiger partial charge in [0.2, 0.25) is 10.0 Å². The molecule has 0 saturated carbocycles. The summed E-state index contributed by atoms with van der Waals surface area (Å²) in [5.74, 6) is 0.255. The van der Waals surface area contributed by atoms with E-state index in [1.807, 2.05) is 6.92 Å². The molecule has 0 spiro atoms. The number of nitrogens with zero attached hydrogens (tertiary/aromatic N) is 1. The highest BCUT2D eigenvalue weighted by Crippen LogP contribution is 2.23. The van der Waals surface area contributed by atoms with Crippen LogP contribution in [0, 0.1) is 0 Å². The van der Waals surface area contributed by atoms with Crippen molar-refractivity contribution in [3.63, 3.8) is 0 Å². The molecule has 1 aliphatic rings. The molecule has 16 heavy (non-hydrogen) atoms. The van der Waals surface area contributed by atoms with Crippen molar-refractivity contribution in [2.24, 2.45) is 0 Å². The van der Waals surface area contributed by atoms with E-state index in [0.29, 0.717) is 13.0 Å². The third-order valence-corrected chi connectivity index (χ3v) is 5.15. The largest absolute Gasteiger partial charge is 0.396 e. The van der Waals surface area contributed by atoms with Crippen LogP contribution in [0.5, 0.6) is 0 Å². The molecule has 0 aromatic carbocycles. The van der Waals surface area contributed by atoms with Crippen molar-refractivity contribution in [1.82, 2.24) is 4.31 Å². The van der Waals surface area contributed by atoms with Gasteiger partial charge in [-0.1, -0.05) is 19.8 Å². The van der Waals surface area contributed by atoms with Gasteiger partial charge in [0.15, 0.2) is 0 Å². The van der Waals surface area contributed by atoms with E-state index in [4.69, 9.17) is 5.11 Å². The van der Waals surface area contributed by atoms with E-state index in [-0.39, 0.29) is 18.4 Å². The minimum absolute atomic E-state index is 0.0283. The summed E-state index contributed by atoms with van der Waals surface area (Å²) in [4.78, 5) is 0. The van der Waals surface area contributed by atoms with Crippen LogP contribution in [0.2, 0.25) is 0 Å². The molecule has 1 aliphatic heterocycles. The fraction of sp³-hybridized carbons (Fsp3) is 1.00. The Morgan fingerprint density at radius 1 is 1.38 bits per heavy atom. The Kier molecular flexibility index (Phi) is 5.72. The molecule has 0 bridgehead atoms. The Hall–Kier alpha value is -0.130. The van der Waals surface area contributed by atoms with Gasteiger partial charge in [0.25, 0.3) is 0 Å². The van der Waals surface area contributed by atoms with E-state index in [1.165, 1.54) is 0 Å². The molecule has 1 unspecified atom stereocenters. The number of hydrogen-bond acceptors (Lipinski definition) is 3. The Balaban J connectivity index is 2.66. The topological polar surface area (TPSA) is 57.6 Å². The predicted molar refractivity (Wildman–Crippen MR) is 64.7 cm³/mol. The quantitative estimate of drug-likeness (QED) is 0.773. The molecular formula is C11H23NO3S. The molecule has 96 valence electrons. The molecule has 4 nitrogen and oxygen atoms in total. The first-order valence-electron chi connectivity index (χ1n) is 6.22. The van der Waals surface area contributed by atoms with E-state index in [2.05, 4.69) is 0 Å². The van der Waals surface area contributed by atoms with Crippen molar-refractivity contribution in [2.75, 3.05) is 18.9 Å². The van der Waals surface area contributed by atoms with Crippen LogP contribution in [-0.2, 0) is 10.0 Å². The number of aliphatic hydroxyl groups is 1. The van der Waals surface area contributed by atoms with Gasteiger partial charge in [-0.3, -0.25) is 0 Å². The second kappa shape index (κ2) is 6.57. The Labute approximate surface area is 98.7 Å². The van der Waals surface area contributed by atoms with Gasteiger partial charge in [-0.05, 0) is 25.7 Å². The zero-order valence-corrected chi connectivity index (χ0v) is 10.9. The van der Waals surface area contributed by atoms with Crippen LogP contribution in [0.3, 0.4) is 0 Å². The van der Waals surface area contributed by atoms with Gasteiger partial charge in [0, 0.05) is 19.2 Å². The lowest BCUT2D eigenvalue weighted by atomic mass is 10.0. The van der Waals surface area contributed by atoms with E-state index in [1.54, 1.807) is 4.31 Å². The number of unbranched alkanes of at least 4 members (excludes halogenated alkanes) is 1. The highest BCUT2D eigenvalue weighted by Gasteiger charge is 2.31. The summed E-state index contributed by atoms with van der Waals surface area (Å²) >= 11 is 0. The van der Waals surface area contributed by atoms with Crippen LogP contribution >= 0.6 is 0 Å². The second-order valence-corrected chi connectivity index (χ2v) is 6.48. The zero-order valence-electron chi connectivity index (χ0n) is 10.1. The lowest BCUT2D eigenvalue weighted by molar-refractivity contribution is 0.192. The van der Waals surface area contributed by atoms with Gasteiger partial charge in [-0.25, -0.2) is 8.42 Å². The maximum absolute atomic E-state index is 12.1. The molecule has 1 rings (SSSR count). The van der Waals surface area contributed by atoms with E-state index < -0.39 is 10.0 Å². The molecule has 1 N–H and O–H groups in total. The lowest BCUT2D eigenvalue weighted by Gasteiger charge is -2.34. The molecule has 0 aromatic rings. The second-order valence-electron chi connectivity index (χ2n) is 4.44. The van der Waals surface area contributed by atoms with Crippen molar-refractivity contribution in [2.45, 2.75) is 51.5 Å². The van der Waals surface area contributed by atoms with Gasteiger partial charge >= 0.3 is 0 Å².